The van der Waals surface area contributed by atoms with Gasteiger partial charge in [0.05, 0.1) is 0 Å². The molecule has 1 aromatic heterocycles. The smallest absolute Gasteiger partial charge is 0.170 e. The molecule has 0 aliphatic carbocycles. The first kappa shape index (κ1) is 12.1. The summed E-state index contributed by atoms with van der Waals surface area (Å²) in [6.45, 7) is 6.50. The van der Waals surface area contributed by atoms with Crippen LogP contribution in [0.1, 0.15) is 63.7 Å². The summed E-state index contributed by atoms with van der Waals surface area (Å²) in [6.07, 6.45) is 5.65. The average molecular weight is 210 g/mol. The third kappa shape index (κ3) is 2.74. The maximum Gasteiger partial charge on any atom is 0.170 e. The normalized spacial score (nSPS) is 13.0. The molecule has 0 saturated carbocycles. The number of nitrogens with two attached hydrogens (primary N) is 1. The highest BCUT2D eigenvalue weighted by atomic mass is 16.5. The Hall–Kier alpha value is -0.990. The summed E-state index contributed by atoms with van der Waals surface area (Å²) in [5.74, 6) is 2.08. The van der Waals surface area contributed by atoms with Crippen LogP contribution in [0.15, 0.2) is 4.52 Å². The Morgan fingerprint density at radius 1 is 1.33 bits per heavy atom. The van der Waals surface area contributed by atoms with E-state index in [2.05, 4.69) is 25.9 Å². The van der Waals surface area contributed by atoms with Crippen LogP contribution in [0, 0.1) is 0 Å². The summed E-state index contributed by atoms with van der Waals surface area (Å²) in [7, 11) is 0. The molecule has 0 aliphatic rings. The summed E-state index contributed by atoms with van der Waals surface area (Å²) in [6, 6.07) is 0. The van der Waals surface area contributed by atoms with Gasteiger partial charge < -0.3 is 10.3 Å². The van der Waals surface area contributed by atoms with E-state index >= 15 is 0 Å². The van der Waals surface area contributed by atoms with Gasteiger partial charge in [0.15, 0.2) is 5.82 Å². The van der Waals surface area contributed by atoms with E-state index in [1.807, 2.05) is 0 Å². The predicted octanol–water partition coefficient (Wildman–Crippen LogP) is 3.50. The van der Waals surface area contributed by atoms with E-state index in [4.69, 9.17) is 10.3 Å². The van der Waals surface area contributed by atoms with Gasteiger partial charge in [-0.15, -0.1) is 0 Å². The molecule has 0 amide bonds. The number of hydrogen-bond donors (Lipinski definition) is 1. The second-order valence-corrected chi connectivity index (χ2v) is 4.01. The lowest BCUT2D eigenvalue weighted by atomic mass is 9.93. The maximum absolute atomic E-state index is 5.77. The Bertz CT molecular complexity index is 294. The fraction of sp³-hybridized carbons (Fsp3) is 0.750. The van der Waals surface area contributed by atoms with E-state index < -0.39 is 0 Å². The second-order valence-electron chi connectivity index (χ2n) is 4.01. The summed E-state index contributed by atoms with van der Waals surface area (Å²) < 4.78 is 5.36. The first-order valence-corrected chi connectivity index (χ1v) is 5.98. The molecule has 1 heterocycles. The van der Waals surface area contributed by atoms with Gasteiger partial charge in [-0.05, 0) is 19.3 Å². The topological polar surface area (TPSA) is 52.0 Å². The first-order chi connectivity index (χ1) is 7.24. The van der Waals surface area contributed by atoms with Crippen LogP contribution < -0.4 is 5.73 Å². The van der Waals surface area contributed by atoms with Gasteiger partial charge in [0.2, 0.25) is 0 Å². The van der Waals surface area contributed by atoms with Gasteiger partial charge in [0.25, 0.3) is 0 Å². The summed E-state index contributed by atoms with van der Waals surface area (Å²) in [5.41, 5.74) is 6.88. The average Bonchev–Trinajstić information content (AvgIpc) is 2.61. The first-order valence-electron chi connectivity index (χ1n) is 5.98. The highest BCUT2D eigenvalue weighted by molar-refractivity contribution is 5.41. The van der Waals surface area contributed by atoms with E-state index in [1.54, 1.807) is 0 Å². The SMILES string of the molecule is CCCCC(CC)c1onc(N)c1CC. The lowest BCUT2D eigenvalue weighted by Gasteiger charge is -2.11. The predicted molar refractivity (Wildman–Crippen MR) is 62.9 cm³/mol. The molecule has 1 rings (SSSR count). The van der Waals surface area contributed by atoms with Crippen molar-refractivity contribution in [1.29, 1.82) is 0 Å². The molecule has 0 spiro atoms. The van der Waals surface area contributed by atoms with E-state index in [1.165, 1.54) is 19.3 Å². The standard InChI is InChI=1S/C12H22N2O/c1-4-7-8-9(5-2)11-10(6-3)12(13)14-15-11/h9H,4-8H2,1-3H3,(H2,13,14). The third-order valence-electron chi connectivity index (χ3n) is 2.97. The zero-order chi connectivity index (χ0) is 11.3. The van der Waals surface area contributed by atoms with Gasteiger partial charge in [0, 0.05) is 11.5 Å². The van der Waals surface area contributed by atoms with Crippen molar-refractivity contribution in [3.05, 3.63) is 11.3 Å². The Balaban J connectivity index is 2.81. The van der Waals surface area contributed by atoms with Gasteiger partial charge in [-0.3, -0.25) is 0 Å². The zero-order valence-electron chi connectivity index (χ0n) is 10.0. The van der Waals surface area contributed by atoms with Gasteiger partial charge in [-0.2, -0.15) is 0 Å². The molecule has 0 fully saturated rings. The van der Waals surface area contributed by atoms with Gasteiger partial charge >= 0.3 is 0 Å². The summed E-state index contributed by atoms with van der Waals surface area (Å²) >= 11 is 0. The lowest BCUT2D eigenvalue weighted by Crippen LogP contribution is -2.00. The van der Waals surface area contributed by atoms with Crippen LogP contribution in [-0.2, 0) is 6.42 Å². The molecule has 0 saturated heterocycles. The van der Waals surface area contributed by atoms with Gasteiger partial charge in [-0.1, -0.05) is 38.8 Å². The maximum atomic E-state index is 5.77. The van der Waals surface area contributed by atoms with Crippen molar-refractivity contribution in [3.8, 4) is 0 Å². The van der Waals surface area contributed by atoms with Crippen molar-refractivity contribution < 1.29 is 4.52 Å². The number of anilines is 1. The van der Waals surface area contributed by atoms with Crippen molar-refractivity contribution in [2.24, 2.45) is 0 Å². The van der Waals surface area contributed by atoms with Gasteiger partial charge in [-0.25, -0.2) is 0 Å². The second kappa shape index (κ2) is 5.79. The summed E-state index contributed by atoms with van der Waals surface area (Å²) in [4.78, 5) is 0. The van der Waals surface area contributed by atoms with E-state index in [9.17, 15) is 0 Å². The molecule has 1 aromatic rings. The molecular weight excluding hydrogens is 188 g/mol. The molecule has 0 bridgehead atoms. The molecule has 0 aromatic carbocycles. The van der Waals surface area contributed by atoms with Crippen LogP contribution >= 0.6 is 0 Å². The number of nitrogens with zero attached hydrogens (tertiary/aromatic N) is 1. The fourth-order valence-corrected chi connectivity index (χ4v) is 1.98. The molecule has 3 nitrogen and oxygen atoms in total. The monoisotopic (exact) mass is 210 g/mol. The van der Waals surface area contributed by atoms with Crippen molar-refractivity contribution in [3.63, 3.8) is 0 Å². The van der Waals surface area contributed by atoms with E-state index in [0.717, 1.165) is 24.2 Å². The van der Waals surface area contributed by atoms with Crippen molar-refractivity contribution in [2.75, 3.05) is 5.73 Å². The minimum absolute atomic E-state index is 0.490. The van der Waals surface area contributed by atoms with Crippen LogP contribution in [0.25, 0.3) is 0 Å². The zero-order valence-corrected chi connectivity index (χ0v) is 10.0. The highest BCUT2D eigenvalue weighted by Crippen LogP contribution is 2.31. The number of aromatic nitrogens is 1. The number of nitrogen functional groups attached to an aromatic ring is 1. The molecule has 2 N–H and O–H groups in total. The van der Waals surface area contributed by atoms with Crippen LogP contribution in [-0.4, -0.2) is 5.16 Å². The van der Waals surface area contributed by atoms with Crippen molar-refractivity contribution >= 4 is 5.82 Å². The minimum Gasteiger partial charge on any atom is -0.381 e. The summed E-state index contributed by atoms with van der Waals surface area (Å²) in [5, 5.41) is 3.87. The molecule has 15 heavy (non-hydrogen) atoms. The van der Waals surface area contributed by atoms with Crippen LogP contribution in [0.2, 0.25) is 0 Å². The Kier molecular flexibility index (Phi) is 4.66. The molecule has 86 valence electrons. The van der Waals surface area contributed by atoms with Crippen LogP contribution in [0.5, 0.6) is 0 Å². The number of hydrogen-bond acceptors (Lipinski definition) is 3. The molecule has 0 radical (unpaired) electrons. The van der Waals surface area contributed by atoms with Crippen molar-refractivity contribution in [1.82, 2.24) is 5.16 Å². The Morgan fingerprint density at radius 2 is 2.07 bits per heavy atom. The van der Waals surface area contributed by atoms with E-state index in [0.29, 0.717) is 11.7 Å². The highest BCUT2D eigenvalue weighted by Gasteiger charge is 2.20. The molecule has 3 heteroatoms. The minimum atomic E-state index is 0.490. The Morgan fingerprint density at radius 3 is 2.60 bits per heavy atom. The van der Waals surface area contributed by atoms with Crippen LogP contribution in [0.4, 0.5) is 5.82 Å². The Labute approximate surface area is 92.0 Å². The largest absolute Gasteiger partial charge is 0.381 e. The molecular formula is C12H22N2O. The molecule has 1 atom stereocenters. The third-order valence-corrected chi connectivity index (χ3v) is 2.97. The molecule has 1 unspecified atom stereocenters. The molecule has 0 aliphatic heterocycles. The quantitative estimate of drug-likeness (QED) is 0.781. The number of unbranched alkanes of at least 4 members (excludes halogenated alkanes) is 1. The van der Waals surface area contributed by atoms with E-state index in [-0.39, 0.29) is 0 Å². The fourth-order valence-electron chi connectivity index (χ4n) is 1.98. The van der Waals surface area contributed by atoms with Gasteiger partial charge in [0.1, 0.15) is 5.76 Å². The number of rotatable bonds is 6. The lowest BCUT2D eigenvalue weighted by molar-refractivity contribution is 0.346. The van der Waals surface area contributed by atoms with Crippen LogP contribution in [0.3, 0.4) is 0 Å². The van der Waals surface area contributed by atoms with Crippen molar-refractivity contribution in [2.45, 2.75) is 58.8 Å².